The van der Waals surface area contributed by atoms with E-state index in [2.05, 4.69) is 41.4 Å². The summed E-state index contributed by atoms with van der Waals surface area (Å²) in [5, 5.41) is 3.45. The first-order valence-electron chi connectivity index (χ1n) is 10.5. The first kappa shape index (κ1) is 19.7. The van der Waals surface area contributed by atoms with Crippen molar-refractivity contribution in [1.82, 2.24) is 14.8 Å². The molecule has 6 nitrogen and oxygen atoms in total. The van der Waals surface area contributed by atoms with E-state index in [1.165, 1.54) is 12.0 Å². The molecule has 154 valence electrons. The summed E-state index contributed by atoms with van der Waals surface area (Å²) >= 11 is 0. The highest BCUT2D eigenvalue weighted by Crippen LogP contribution is 2.38. The van der Waals surface area contributed by atoms with Gasteiger partial charge in [-0.15, -0.1) is 0 Å². The third-order valence-electron chi connectivity index (χ3n) is 5.94. The van der Waals surface area contributed by atoms with Gasteiger partial charge in [0.25, 0.3) is 5.56 Å². The molecule has 2 fully saturated rings. The highest BCUT2D eigenvalue weighted by Gasteiger charge is 2.42. The minimum absolute atomic E-state index is 0.0208. The number of likely N-dealkylation sites (tertiary alicyclic amines) is 1. The molecule has 29 heavy (non-hydrogen) atoms. The highest BCUT2D eigenvalue weighted by atomic mass is 16.5. The van der Waals surface area contributed by atoms with E-state index in [9.17, 15) is 4.79 Å². The summed E-state index contributed by atoms with van der Waals surface area (Å²) in [5.74, 6) is 0.996. The number of pyridine rings is 1. The zero-order valence-electron chi connectivity index (χ0n) is 17.1. The van der Waals surface area contributed by atoms with Crippen molar-refractivity contribution >= 4 is 5.96 Å². The normalized spacial score (nSPS) is 21.8. The van der Waals surface area contributed by atoms with E-state index in [1.54, 1.807) is 16.7 Å². The molecule has 0 saturated carbocycles. The molecule has 0 bridgehead atoms. The minimum Gasteiger partial charge on any atom is -0.381 e. The second-order valence-corrected chi connectivity index (χ2v) is 8.13. The molecule has 2 aliphatic rings. The van der Waals surface area contributed by atoms with Crippen LogP contribution in [0, 0.1) is 5.41 Å². The summed E-state index contributed by atoms with van der Waals surface area (Å²) in [4.78, 5) is 19.1. The Bertz CT molecular complexity index is 898. The van der Waals surface area contributed by atoms with Gasteiger partial charge in [0.2, 0.25) is 0 Å². The third kappa shape index (κ3) is 4.70. The minimum atomic E-state index is 0.0208. The Morgan fingerprint density at radius 1 is 1.17 bits per heavy atom. The van der Waals surface area contributed by atoms with E-state index in [4.69, 9.17) is 9.73 Å². The Labute approximate surface area is 172 Å². The number of aromatic nitrogens is 1. The second-order valence-electron chi connectivity index (χ2n) is 8.13. The molecule has 2 aliphatic heterocycles. The molecule has 1 aromatic carbocycles. The van der Waals surface area contributed by atoms with Crippen LogP contribution in [0.4, 0.5) is 0 Å². The van der Waals surface area contributed by atoms with Crippen LogP contribution < -0.4 is 10.9 Å². The lowest BCUT2D eigenvalue weighted by Gasteiger charge is -2.25. The lowest BCUT2D eigenvalue weighted by molar-refractivity contribution is 0.156. The Morgan fingerprint density at radius 2 is 2.00 bits per heavy atom. The van der Waals surface area contributed by atoms with Gasteiger partial charge in [0.1, 0.15) is 0 Å². The van der Waals surface area contributed by atoms with Crippen LogP contribution in [-0.4, -0.2) is 48.3 Å². The van der Waals surface area contributed by atoms with Gasteiger partial charge >= 0.3 is 0 Å². The van der Waals surface area contributed by atoms with Crippen molar-refractivity contribution in [3.05, 3.63) is 70.1 Å². The average Bonchev–Trinajstić information content (AvgIpc) is 3.38. The van der Waals surface area contributed by atoms with Crippen LogP contribution in [0.1, 0.15) is 30.9 Å². The maximum atomic E-state index is 11.9. The standard InChI is InChI=1S/C23H30N4O2/c1-2-24-22(27-13-10-23(17-27)11-14-29-18-23)25-15-19-6-8-20(9-7-19)16-26-12-4-3-5-21(26)28/h3-9,12H,2,10-11,13-18H2,1H3,(H,24,25). The quantitative estimate of drug-likeness (QED) is 0.625. The van der Waals surface area contributed by atoms with Gasteiger partial charge in [-0.3, -0.25) is 4.79 Å². The molecule has 1 atom stereocenters. The Kier molecular flexibility index (Phi) is 6.00. The molecular weight excluding hydrogens is 364 g/mol. The number of rotatable bonds is 5. The summed E-state index contributed by atoms with van der Waals surface area (Å²) in [6, 6.07) is 13.6. The number of ether oxygens (including phenoxy) is 1. The van der Waals surface area contributed by atoms with Gasteiger partial charge in [0, 0.05) is 43.9 Å². The fourth-order valence-electron chi connectivity index (χ4n) is 4.22. The van der Waals surface area contributed by atoms with Gasteiger partial charge in [0.05, 0.1) is 19.7 Å². The molecule has 0 radical (unpaired) electrons. The molecule has 1 unspecified atom stereocenters. The summed E-state index contributed by atoms with van der Waals surface area (Å²) < 4.78 is 7.37. The fourth-order valence-corrected chi connectivity index (χ4v) is 4.22. The van der Waals surface area contributed by atoms with E-state index in [-0.39, 0.29) is 5.56 Å². The van der Waals surface area contributed by atoms with Crippen molar-refractivity contribution < 1.29 is 4.74 Å². The Hall–Kier alpha value is -2.60. The molecule has 2 aromatic rings. The Balaban J connectivity index is 1.40. The summed E-state index contributed by atoms with van der Waals surface area (Å²) in [6.07, 6.45) is 4.17. The van der Waals surface area contributed by atoms with E-state index in [0.29, 0.717) is 18.5 Å². The van der Waals surface area contributed by atoms with Gasteiger partial charge < -0.3 is 19.5 Å². The number of nitrogens with one attached hydrogen (secondary N) is 1. The van der Waals surface area contributed by atoms with Gasteiger partial charge in [-0.25, -0.2) is 4.99 Å². The topological polar surface area (TPSA) is 58.9 Å². The van der Waals surface area contributed by atoms with Crippen molar-refractivity contribution in [3.8, 4) is 0 Å². The van der Waals surface area contributed by atoms with Crippen LogP contribution >= 0.6 is 0 Å². The van der Waals surface area contributed by atoms with Crippen LogP contribution in [-0.2, 0) is 17.8 Å². The maximum Gasteiger partial charge on any atom is 0.250 e. The van der Waals surface area contributed by atoms with E-state index >= 15 is 0 Å². The molecule has 6 heteroatoms. The van der Waals surface area contributed by atoms with Crippen LogP contribution in [0.3, 0.4) is 0 Å². The molecule has 3 heterocycles. The predicted octanol–water partition coefficient (Wildman–Crippen LogP) is 2.47. The van der Waals surface area contributed by atoms with Crippen LogP contribution in [0.2, 0.25) is 0 Å². The lowest BCUT2D eigenvalue weighted by atomic mass is 9.87. The number of benzene rings is 1. The number of hydrogen-bond donors (Lipinski definition) is 1. The fraction of sp³-hybridized carbons (Fsp3) is 0.478. The molecule has 1 spiro atoms. The van der Waals surface area contributed by atoms with Gasteiger partial charge in [-0.1, -0.05) is 30.3 Å². The van der Waals surface area contributed by atoms with Gasteiger partial charge in [-0.2, -0.15) is 0 Å². The average molecular weight is 395 g/mol. The number of hydrogen-bond acceptors (Lipinski definition) is 3. The maximum absolute atomic E-state index is 11.9. The summed E-state index contributed by atoms with van der Waals surface area (Å²) in [6.45, 7) is 8.06. The Morgan fingerprint density at radius 3 is 2.72 bits per heavy atom. The first-order valence-corrected chi connectivity index (χ1v) is 10.5. The molecule has 1 aromatic heterocycles. The third-order valence-corrected chi connectivity index (χ3v) is 5.94. The summed E-state index contributed by atoms with van der Waals surface area (Å²) in [7, 11) is 0. The van der Waals surface area contributed by atoms with Crippen LogP contribution in [0.25, 0.3) is 0 Å². The number of nitrogens with zero attached hydrogens (tertiary/aromatic N) is 3. The van der Waals surface area contributed by atoms with Crippen molar-refractivity contribution in [2.75, 3.05) is 32.8 Å². The van der Waals surface area contributed by atoms with E-state index < -0.39 is 0 Å². The molecule has 0 amide bonds. The SMILES string of the molecule is CCNC(=NCc1ccc(Cn2ccccc2=O)cc1)N1CCC2(CCOC2)C1. The molecule has 2 saturated heterocycles. The number of aliphatic imine (C=N–C) groups is 1. The smallest absolute Gasteiger partial charge is 0.250 e. The highest BCUT2D eigenvalue weighted by molar-refractivity contribution is 5.80. The summed E-state index contributed by atoms with van der Waals surface area (Å²) in [5.41, 5.74) is 2.63. The van der Waals surface area contributed by atoms with Crippen molar-refractivity contribution in [2.45, 2.75) is 32.9 Å². The van der Waals surface area contributed by atoms with Gasteiger partial charge in [0.15, 0.2) is 5.96 Å². The molecule has 0 aliphatic carbocycles. The zero-order chi connectivity index (χ0) is 20.1. The second kappa shape index (κ2) is 8.82. The van der Waals surface area contributed by atoms with Crippen molar-refractivity contribution in [2.24, 2.45) is 10.4 Å². The van der Waals surface area contributed by atoms with E-state index in [0.717, 1.165) is 50.8 Å². The van der Waals surface area contributed by atoms with Crippen molar-refractivity contribution in [3.63, 3.8) is 0 Å². The largest absolute Gasteiger partial charge is 0.381 e. The molecule has 4 rings (SSSR count). The predicted molar refractivity (Wildman–Crippen MR) is 115 cm³/mol. The zero-order valence-corrected chi connectivity index (χ0v) is 17.1. The first-order chi connectivity index (χ1) is 14.2. The van der Waals surface area contributed by atoms with Crippen molar-refractivity contribution in [1.29, 1.82) is 0 Å². The van der Waals surface area contributed by atoms with Gasteiger partial charge in [-0.05, 0) is 37.0 Å². The number of guanidine groups is 1. The lowest BCUT2D eigenvalue weighted by Crippen LogP contribution is -2.41. The van der Waals surface area contributed by atoms with E-state index in [1.807, 2.05) is 12.3 Å². The van der Waals surface area contributed by atoms with Crippen LogP contribution in [0.15, 0.2) is 58.4 Å². The molecular formula is C23H30N4O2. The monoisotopic (exact) mass is 394 g/mol. The molecule has 1 N–H and O–H groups in total. The van der Waals surface area contributed by atoms with Crippen LogP contribution in [0.5, 0.6) is 0 Å².